The van der Waals surface area contributed by atoms with Gasteiger partial charge in [0.25, 0.3) is 5.09 Å². The molecular weight excluding hydrogens is 446 g/mol. The number of unbranched alkanes of at least 4 members (excludes halogenated alkanes) is 1. The van der Waals surface area contributed by atoms with Gasteiger partial charge in [0.05, 0.1) is 5.69 Å². The number of H-pyrrole nitrogens is 1. The van der Waals surface area contributed by atoms with Crippen molar-refractivity contribution in [3.8, 4) is 22.5 Å². The fraction of sp³-hybridized carbons (Fsp3) is 0.273. The molecule has 2 heterocycles. The van der Waals surface area contributed by atoms with Crippen LogP contribution in [-0.4, -0.2) is 35.3 Å². The molecule has 0 aliphatic heterocycles. The highest BCUT2D eigenvalue weighted by atomic mass is 35.5. The van der Waals surface area contributed by atoms with Crippen LogP contribution in [0.3, 0.4) is 0 Å². The van der Waals surface area contributed by atoms with Crippen LogP contribution in [0.15, 0.2) is 48.5 Å². The fourth-order valence-electron chi connectivity index (χ4n) is 3.66. The predicted molar refractivity (Wildman–Crippen MR) is 122 cm³/mol. The van der Waals surface area contributed by atoms with Crippen molar-refractivity contribution in [1.82, 2.24) is 30.2 Å². The zero-order valence-corrected chi connectivity index (χ0v) is 18.7. The van der Waals surface area contributed by atoms with Gasteiger partial charge in [-0.05, 0) is 33.5 Å². The number of nitrogens with zero attached hydrogens (tertiary/aromatic N) is 6. The highest BCUT2D eigenvalue weighted by molar-refractivity contribution is 6.30. The molecule has 4 aromatic rings. The van der Waals surface area contributed by atoms with Gasteiger partial charge in [0.2, 0.25) is 0 Å². The number of benzene rings is 2. The molecule has 0 amide bonds. The molecule has 0 unspecified atom stereocenters. The molecule has 4 rings (SSSR count). The van der Waals surface area contributed by atoms with Crippen molar-refractivity contribution >= 4 is 11.6 Å². The maximum Gasteiger partial charge on any atom is 0.294 e. The van der Waals surface area contributed by atoms with Gasteiger partial charge in [-0.1, -0.05) is 73.5 Å². The Bertz CT molecular complexity index is 1220. The maximum absolute atomic E-state index is 10.7. The zero-order chi connectivity index (χ0) is 23.2. The van der Waals surface area contributed by atoms with Crippen LogP contribution in [0.25, 0.3) is 22.5 Å². The minimum atomic E-state index is -0.824. The Labute approximate surface area is 194 Å². The molecule has 33 heavy (non-hydrogen) atoms. The first-order valence-electron chi connectivity index (χ1n) is 10.5. The van der Waals surface area contributed by atoms with E-state index in [4.69, 9.17) is 11.6 Å². The number of nitrogens with one attached hydrogen (secondary N) is 1. The zero-order valence-electron chi connectivity index (χ0n) is 17.9. The third-order valence-electron chi connectivity index (χ3n) is 5.30. The maximum atomic E-state index is 10.7. The molecule has 2 aromatic heterocycles. The normalized spacial score (nSPS) is 11.0. The molecule has 1 N–H and O–H groups in total. The summed E-state index contributed by atoms with van der Waals surface area (Å²) >= 11 is 6.30. The first-order valence-corrected chi connectivity index (χ1v) is 10.9. The molecule has 0 aliphatic rings. The van der Waals surface area contributed by atoms with Crippen LogP contribution in [0, 0.1) is 10.1 Å². The lowest BCUT2D eigenvalue weighted by atomic mass is 9.98. The molecule has 0 spiro atoms. The van der Waals surface area contributed by atoms with Crippen molar-refractivity contribution in [3.63, 3.8) is 0 Å². The monoisotopic (exact) mass is 467 g/mol. The van der Waals surface area contributed by atoms with Gasteiger partial charge in [-0.3, -0.25) is 0 Å². The van der Waals surface area contributed by atoms with E-state index in [9.17, 15) is 10.1 Å². The van der Waals surface area contributed by atoms with E-state index < -0.39 is 5.09 Å². The van der Waals surface area contributed by atoms with Gasteiger partial charge in [0, 0.05) is 18.5 Å². The summed E-state index contributed by atoms with van der Waals surface area (Å²) < 4.78 is 1.91. The van der Waals surface area contributed by atoms with Crippen molar-refractivity contribution in [1.29, 1.82) is 0 Å². The number of hydrogen-bond donors (Lipinski definition) is 1. The van der Waals surface area contributed by atoms with Gasteiger partial charge < -0.3 is 9.40 Å². The molecule has 0 atom stereocenters. The van der Waals surface area contributed by atoms with Gasteiger partial charge in [-0.25, -0.2) is 10.1 Å². The lowest BCUT2D eigenvalue weighted by molar-refractivity contribution is -0.763. The lowest BCUT2D eigenvalue weighted by Gasteiger charge is -2.13. The lowest BCUT2D eigenvalue weighted by Crippen LogP contribution is -2.11. The van der Waals surface area contributed by atoms with Crippen LogP contribution in [0.2, 0.25) is 5.15 Å². The summed E-state index contributed by atoms with van der Waals surface area (Å²) in [6.07, 6.45) is 2.67. The second-order valence-electron chi connectivity index (χ2n) is 7.44. The SMILES string of the molecule is CCCCc1nc(Cl)c(CO[N+](=O)[O-])n1Cc1ccc(-c2ccccc2-c2nnn[nH]2)cc1. The quantitative estimate of drug-likeness (QED) is 0.269. The van der Waals surface area contributed by atoms with E-state index in [2.05, 4.69) is 37.4 Å². The summed E-state index contributed by atoms with van der Waals surface area (Å²) in [6, 6.07) is 15.9. The Hall–Kier alpha value is -3.79. The van der Waals surface area contributed by atoms with Crippen LogP contribution < -0.4 is 0 Å². The van der Waals surface area contributed by atoms with Crippen LogP contribution >= 0.6 is 11.6 Å². The second-order valence-corrected chi connectivity index (χ2v) is 7.80. The molecule has 0 saturated carbocycles. The third-order valence-corrected chi connectivity index (χ3v) is 5.60. The van der Waals surface area contributed by atoms with Gasteiger partial charge in [-0.15, -0.1) is 15.2 Å². The van der Waals surface area contributed by atoms with Gasteiger partial charge in [0.1, 0.15) is 12.4 Å². The highest BCUT2D eigenvalue weighted by Crippen LogP contribution is 2.30. The summed E-state index contributed by atoms with van der Waals surface area (Å²) in [5.74, 6) is 1.38. The number of hydrogen-bond acceptors (Lipinski definition) is 7. The Kier molecular flexibility index (Phi) is 6.94. The molecule has 0 aliphatic carbocycles. The van der Waals surface area contributed by atoms with E-state index in [-0.39, 0.29) is 11.8 Å². The summed E-state index contributed by atoms with van der Waals surface area (Å²) in [6.45, 7) is 2.32. The molecule has 0 fully saturated rings. The topological polar surface area (TPSA) is 125 Å². The average Bonchev–Trinajstić information content (AvgIpc) is 3.45. The standard InChI is InChI=1S/C22H22ClN7O3/c1-2-3-8-20-24-21(23)19(14-33-30(31)32)29(20)13-15-9-11-16(12-10-15)17-6-4-5-7-18(17)22-25-27-28-26-22/h4-7,9-12H,2-3,8,13-14H2,1H3,(H,25,26,27,28). The summed E-state index contributed by atoms with van der Waals surface area (Å²) in [4.78, 5) is 19.7. The summed E-state index contributed by atoms with van der Waals surface area (Å²) in [5.41, 5.74) is 4.41. The van der Waals surface area contributed by atoms with Crippen molar-refractivity contribution in [2.45, 2.75) is 39.3 Å². The highest BCUT2D eigenvalue weighted by Gasteiger charge is 2.17. The van der Waals surface area contributed by atoms with Crippen molar-refractivity contribution in [3.05, 3.63) is 80.9 Å². The van der Waals surface area contributed by atoms with Crippen molar-refractivity contribution < 1.29 is 9.92 Å². The molecular formula is C22H22ClN7O3. The first-order chi connectivity index (χ1) is 16.1. The first kappa shape index (κ1) is 22.4. The third kappa shape index (κ3) is 5.17. The number of tetrazole rings is 1. The fourth-order valence-corrected chi connectivity index (χ4v) is 3.91. The Balaban J connectivity index is 1.62. The van der Waals surface area contributed by atoms with E-state index >= 15 is 0 Å². The Morgan fingerprint density at radius 1 is 1.15 bits per heavy atom. The van der Waals surface area contributed by atoms with Crippen LogP contribution in [0.4, 0.5) is 0 Å². The second kappa shape index (κ2) is 10.2. The minimum Gasteiger partial charge on any atom is -0.324 e. The van der Waals surface area contributed by atoms with E-state index in [0.717, 1.165) is 47.3 Å². The molecule has 2 aromatic carbocycles. The van der Waals surface area contributed by atoms with Crippen LogP contribution in [0.1, 0.15) is 36.8 Å². The van der Waals surface area contributed by atoms with Gasteiger partial charge >= 0.3 is 0 Å². The molecule has 10 nitrogen and oxygen atoms in total. The number of aryl methyl sites for hydroxylation is 1. The largest absolute Gasteiger partial charge is 0.324 e. The van der Waals surface area contributed by atoms with E-state index in [0.29, 0.717) is 18.1 Å². The van der Waals surface area contributed by atoms with E-state index in [1.807, 2.05) is 53.1 Å². The van der Waals surface area contributed by atoms with E-state index in [1.165, 1.54) is 0 Å². The number of halogens is 1. The number of rotatable bonds is 10. The number of aromatic amines is 1. The molecule has 170 valence electrons. The van der Waals surface area contributed by atoms with E-state index in [1.54, 1.807) is 0 Å². The molecule has 11 heteroatoms. The van der Waals surface area contributed by atoms with Gasteiger partial charge in [0.15, 0.2) is 11.0 Å². The number of aromatic nitrogens is 6. The minimum absolute atomic E-state index is 0.231. The molecule has 0 radical (unpaired) electrons. The Morgan fingerprint density at radius 3 is 2.58 bits per heavy atom. The predicted octanol–water partition coefficient (Wildman–Crippen LogP) is 4.48. The molecule has 0 bridgehead atoms. The van der Waals surface area contributed by atoms with Crippen molar-refractivity contribution in [2.24, 2.45) is 0 Å². The van der Waals surface area contributed by atoms with Gasteiger partial charge in [-0.2, -0.15) is 0 Å². The van der Waals surface area contributed by atoms with Crippen LogP contribution in [0.5, 0.6) is 0 Å². The molecule has 0 saturated heterocycles. The van der Waals surface area contributed by atoms with Crippen LogP contribution in [-0.2, 0) is 24.4 Å². The smallest absolute Gasteiger partial charge is 0.294 e. The summed E-state index contributed by atoms with van der Waals surface area (Å²) in [5, 5.41) is 24.3. The Morgan fingerprint density at radius 2 is 1.91 bits per heavy atom. The number of imidazole rings is 1. The average molecular weight is 468 g/mol. The summed E-state index contributed by atoms with van der Waals surface area (Å²) in [7, 11) is 0. The van der Waals surface area contributed by atoms with Crippen molar-refractivity contribution in [2.75, 3.05) is 0 Å².